The Balaban J connectivity index is 0.936. The van der Waals surface area contributed by atoms with Crippen LogP contribution in [0.2, 0.25) is 0 Å². The largest absolute Gasteiger partial charge is 0.454 e. The lowest BCUT2D eigenvalue weighted by Gasteiger charge is -2.28. The molecule has 334 valence electrons. The number of benzene rings is 10. The van der Waals surface area contributed by atoms with E-state index in [0.29, 0.717) is 0 Å². The van der Waals surface area contributed by atoms with Crippen molar-refractivity contribution in [2.75, 3.05) is 9.80 Å². The third-order valence-corrected chi connectivity index (χ3v) is 15.2. The minimum atomic E-state index is -0.270. The standard InChI is InChI=1S/C65H52N2O2/c1-7-41-21-27-45(28-22-41)66(57-19-11-17-55-53-15-9-13-39(3)61(53)68-63(55)57)47-31-35-49-43(37-47)25-33-51-52-34-26-44-38-48(32-36-50(44)60(52)65(5,6)59(49)51)67(46-29-23-42(8-2)24-30-46)58-20-12-18-56-54-16-10-14-40(4)62(54)69-64(56)58/h9-38H,7-8H2,1-6H3. The first-order chi connectivity index (χ1) is 33.7. The third kappa shape index (κ3) is 6.21. The smallest absolute Gasteiger partial charge is 0.159 e. The Labute approximate surface area is 402 Å². The van der Waals surface area contributed by atoms with Crippen molar-refractivity contribution < 1.29 is 8.83 Å². The van der Waals surface area contributed by atoms with E-state index >= 15 is 0 Å². The van der Waals surface area contributed by atoms with E-state index in [9.17, 15) is 0 Å². The van der Waals surface area contributed by atoms with Crippen molar-refractivity contribution in [1.82, 2.24) is 0 Å². The van der Waals surface area contributed by atoms with Crippen molar-refractivity contribution in [1.29, 1.82) is 0 Å². The van der Waals surface area contributed by atoms with E-state index in [1.165, 1.54) is 54.9 Å². The molecule has 0 aliphatic heterocycles. The summed E-state index contributed by atoms with van der Waals surface area (Å²) in [4.78, 5) is 4.74. The second kappa shape index (κ2) is 15.5. The number of rotatable bonds is 8. The van der Waals surface area contributed by atoms with Crippen molar-refractivity contribution in [2.24, 2.45) is 0 Å². The van der Waals surface area contributed by atoms with Gasteiger partial charge in [-0.25, -0.2) is 0 Å². The average Bonchev–Trinajstić information content (AvgIpc) is 4.04. The zero-order chi connectivity index (χ0) is 46.7. The number of aryl methyl sites for hydroxylation is 4. The molecule has 1 aliphatic carbocycles. The predicted molar refractivity (Wildman–Crippen MR) is 291 cm³/mol. The predicted octanol–water partition coefficient (Wildman–Crippen LogP) is 18.8. The molecule has 0 radical (unpaired) electrons. The molecule has 0 amide bonds. The van der Waals surface area contributed by atoms with E-state index in [0.717, 1.165) is 102 Å². The first-order valence-electron chi connectivity index (χ1n) is 24.4. The van der Waals surface area contributed by atoms with E-state index < -0.39 is 0 Å². The van der Waals surface area contributed by atoms with Crippen molar-refractivity contribution in [3.8, 4) is 11.1 Å². The number of para-hydroxylation sites is 4. The van der Waals surface area contributed by atoms with Gasteiger partial charge in [-0.1, -0.05) is 149 Å². The highest BCUT2D eigenvalue weighted by molar-refractivity contribution is 6.13. The summed E-state index contributed by atoms with van der Waals surface area (Å²) in [5.41, 5.74) is 20.0. The summed E-state index contributed by atoms with van der Waals surface area (Å²) in [7, 11) is 0. The van der Waals surface area contributed by atoms with E-state index in [-0.39, 0.29) is 5.41 Å². The normalized spacial score (nSPS) is 13.0. The van der Waals surface area contributed by atoms with Gasteiger partial charge >= 0.3 is 0 Å². The number of fused-ring (bicyclic) bond motifs is 13. The highest BCUT2D eigenvalue weighted by atomic mass is 16.3. The second-order valence-corrected chi connectivity index (χ2v) is 19.5. The fraction of sp³-hybridized carbons (Fsp3) is 0.138. The highest BCUT2D eigenvalue weighted by Gasteiger charge is 2.38. The van der Waals surface area contributed by atoms with Crippen LogP contribution < -0.4 is 9.80 Å². The van der Waals surface area contributed by atoms with Gasteiger partial charge < -0.3 is 18.6 Å². The highest BCUT2D eigenvalue weighted by Crippen LogP contribution is 2.55. The van der Waals surface area contributed by atoms with Gasteiger partial charge in [-0.15, -0.1) is 0 Å². The molecule has 2 heterocycles. The Morgan fingerprint density at radius 2 is 0.754 bits per heavy atom. The quantitative estimate of drug-likeness (QED) is 0.152. The van der Waals surface area contributed by atoms with Crippen LogP contribution in [0.15, 0.2) is 191 Å². The van der Waals surface area contributed by atoms with Crippen molar-refractivity contribution in [3.63, 3.8) is 0 Å². The molecule has 0 saturated heterocycles. The van der Waals surface area contributed by atoms with E-state index in [4.69, 9.17) is 8.83 Å². The van der Waals surface area contributed by atoms with Gasteiger partial charge in [0.25, 0.3) is 0 Å². The SMILES string of the molecule is CCc1ccc(N(c2ccc3c4c(ccc3c2)-c2ccc3cc(N(c5ccc(CC)cc5)c5cccc6c5oc5c(C)cccc56)ccc3c2C4(C)C)c2cccc3c2oc2c(C)cccc23)cc1. The topological polar surface area (TPSA) is 32.8 Å². The molecule has 4 nitrogen and oxygen atoms in total. The Morgan fingerprint density at radius 1 is 0.377 bits per heavy atom. The molecule has 0 unspecified atom stereocenters. The summed E-state index contributed by atoms with van der Waals surface area (Å²) < 4.78 is 13.6. The lowest BCUT2D eigenvalue weighted by Crippen LogP contribution is -2.16. The zero-order valence-corrected chi connectivity index (χ0v) is 39.9. The average molecular weight is 893 g/mol. The Morgan fingerprint density at radius 3 is 1.16 bits per heavy atom. The molecule has 2 aromatic heterocycles. The second-order valence-electron chi connectivity index (χ2n) is 19.5. The number of anilines is 6. The monoisotopic (exact) mass is 892 g/mol. The van der Waals surface area contributed by atoms with Crippen LogP contribution in [-0.2, 0) is 18.3 Å². The molecule has 12 aromatic rings. The van der Waals surface area contributed by atoms with Crippen LogP contribution in [0.3, 0.4) is 0 Å². The number of hydrogen-bond donors (Lipinski definition) is 0. The number of hydrogen-bond acceptors (Lipinski definition) is 4. The van der Waals surface area contributed by atoms with E-state index in [1.807, 2.05) is 0 Å². The Bertz CT molecular complexity index is 3780. The molecule has 10 aromatic carbocycles. The van der Waals surface area contributed by atoms with Crippen molar-refractivity contribution in [2.45, 2.75) is 59.8 Å². The van der Waals surface area contributed by atoms with Gasteiger partial charge in [-0.05, 0) is 153 Å². The minimum absolute atomic E-state index is 0.270. The van der Waals surface area contributed by atoms with Gasteiger partial charge in [-0.3, -0.25) is 0 Å². The zero-order valence-electron chi connectivity index (χ0n) is 39.9. The maximum Gasteiger partial charge on any atom is 0.159 e. The summed E-state index contributed by atoms with van der Waals surface area (Å²) in [6.45, 7) is 13.5. The first-order valence-corrected chi connectivity index (χ1v) is 24.4. The minimum Gasteiger partial charge on any atom is -0.454 e. The summed E-state index contributed by atoms with van der Waals surface area (Å²) in [5, 5.41) is 9.49. The van der Waals surface area contributed by atoms with E-state index in [2.05, 4.69) is 233 Å². The first kappa shape index (κ1) is 41.1. The summed E-state index contributed by atoms with van der Waals surface area (Å²) in [6.07, 6.45) is 1.97. The molecule has 0 bridgehead atoms. The van der Waals surface area contributed by atoms with Crippen LogP contribution in [0.5, 0.6) is 0 Å². The van der Waals surface area contributed by atoms with E-state index in [1.54, 1.807) is 0 Å². The van der Waals surface area contributed by atoms with Gasteiger partial charge in [-0.2, -0.15) is 0 Å². The van der Waals surface area contributed by atoms with Crippen LogP contribution in [0.4, 0.5) is 34.1 Å². The van der Waals surface area contributed by atoms with Crippen LogP contribution in [0.1, 0.15) is 61.1 Å². The third-order valence-electron chi connectivity index (χ3n) is 15.2. The molecular weight excluding hydrogens is 841 g/mol. The molecule has 0 atom stereocenters. The lowest BCUT2D eigenvalue weighted by molar-refractivity contribution is 0.665. The molecular formula is C65H52N2O2. The number of furan rings is 2. The van der Waals surface area contributed by atoms with Gasteiger partial charge in [0.2, 0.25) is 0 Å². The van der Waals surface area contributed by atoms with Crippen LogP contribution >= 0.6 is 0 Å². The molecule has 0 N–H and O–H groups in total. The van der Waals surface area contributed by atoms with Crippen LogP contribution in [0.25, 0.3) is 76.5 Å². The van der Waals surface area contributed by atoms with Crippen LogP contribution in [-0.4, -0.2) is 0 Å². The Kier molecular flexibility index (Phi) is 9.23. The molecule has 4 heteroatoms. The molecule has 13 rings (SSSR count). The van der Waals surface area contributed by atoms with Gasteiger partial charge in [0, 0.05) is 49.7 Å². The van der Waals surface area contributed by atoms with Crippen molar-refractivity contribution >= 4 is 99.5 Å². The van der Waals surface area contributed by atoms with Gasteiger partial charge in [0.05, 0.1) is 11.4 Å². The maximum absolute atomic E-state index is 6.79. The molecule has 1 aliphatic rings. The fourth-order valence-electron chi connectivity index (χ4n) is 11.7. The maximum atomic E-state index is 6.79. The summed E-state index contributed by atoms with van der Waals surface area (Å²) in [6, 6.07) is 67.3. The molecule has 69 heavy (non-hydrogen) atoms. The lowest BCUT2D eigenvalue weighted by atomic mass is 9.78. The fourth-order valence-corrected chi connectivity index (χ4v) is 11.7. The van der Waals surface area contributed by atoms with Gasteiger partial charge in [0.1, 0.15) is 11.2 Å². The summed E-state index contributed by atoms with van der Waals surface area (Å²) >= 11 is 0. The van der Waals surface area contributed by atoms with Crippen LogP contribution in [0, 0.1) is 13.8 Å². The molecule has 0 spiro atoms. The summed E-state index contributed by atoms with van der Waals surface area (Å²) in [5.74, 6) is 0. The van der Waals surface area contributed by atoms with Gasteiger partial charge in [0.15, 0.2) is 11.2 Å². The Hall–Kier alpha value is -8.08. The molecule has 0 saturated carbocycles. The number of nitrogens with zero attached hydrogens (tertiary/aromatic N) is 2. The molecule has 0 fully saturated rings. The van der Waals surface area contributed by atoms with Crippen molar-refractivity contribution in [3.05, 3.63) is 215 Å².